The Labute approximate surface area is 185 Å². The summed E-state index contributed by atoms with van der Waals surface area (Å²) in [5.41, 5.74) is 5.82. The Balaban J connectivity index is 1.76. The van der Waals surface area contributed by atoms with Gasteiger partial charge in [-0.05, 0) is 85.8 Å². The lowest BCUT2D eigenvalue weighted by atomic mass is 10.0. The molecule has 3 rings (SSSR count). The topological polar surface area (TPSA) is 47.6 Å². The molecule has 0 saturated carbocycles. The van der Waals surface area contributed by atoms with E-state index in [4.69, 9.17) is 9.47 Å². The van der Waals surface area contributed by atoms with Gasteiger partial charge in [0.2, 0.25) is 0 Å². The standard InChI is InChI=1S/C27H31NO3/c1-6-30-26-14-10-22(27(29)28-24-11-8-21(9-12-24)18(2)3)16-23(26)17-31-25-13-7-19(4)20(5)15-25/h7-16,18H,6,17H2,1-5H3,(H,28,29). The molecule has 1 amide bonds. The van der Waals surface area contributed by atoms with Crippen LogP contribution in [0, 0.1) is 13.8 Å². The molecular formula is C27H31NO3. The van der Waals surface area contributed by atoms with Crippen LogP contribution in [0.15, 0.2) is 60.7 Å². The minimum absolute atomic E-state index is 0.159. The molecule has 0 aliphatic heterocycles. The first-order chi connectivity index (χ1) is 14.9. The van der Waals surface area contributed by atoms with Crippen molar-refractivity contribution in [2.75, 3.05) is 11.9 Å². The van der Waals surface area contributed by atoms with Gasteiger partial charge in [0.15, 0.2) is 0 Å². The van der Waals surface area contributed by atoms with Gasteiger partial charge in [-0.2, -0.15) is 0 Å². The van der Waals surface area contributed by atoms with Crippen molar-refractivity contribution >= 4 is 11.6 Å². The van der Waals surface area contributed by atoms with Crippen molar-refractivity contribution in [1.82, 2.24) is 0 Å². The van der Waals surface area contributed by atoms with Crippen molar-refractivity contribution in [2.24, 2.45) is 0 Å². The molecule has 0 bridgehead atoms. The molecule has 0 aliphatic rings. The van der Waals surface area contributed by atoms with Gasteiger partial charge in [-0.25, -0.2) is 0 Å². The Hall–Kier alpha value is -3.27. The number of anilines is 1. The summed E-state index contributed by atoms with van der Waals surface area (Å²) in [5, 5.41) is 2.97. The highest BCUT2D eigenvalue weighted by Crippen LogP contribution is 2.25. The number of carbonyl (C=O) groups is 1. The van der Waals surface area contributed by atoms with Crippen molar-refractivity contribution in [3.63, 3.8) is 0 Å². The zero-order valence-electron chi connectivity index (χ0n) is 19.0. The van der Waals surface area contributed by atoms with Gasteiger partial charge < -0.3 is 14.8 Å². The predicted octanol–water partition coefficient (Wildman–Crippen LogP) is 6.66. The van der Waals surface area contributed by atoms with Crippen LogP contribution >= 0.6 is 0 Å². The summed E-state index contributed by atoms with van der Waals surface area (Å²) in [5.74, 6) is 1.82. The van der Waals surface area contributed by atoms with E-state index >= 15 is 0 Å². The molecular weight excluding hydrogens is 386 g/mol. The largest absolute Gasteiger partial charge is 0.493 e. The molecule has 162 valence electrons. The first kappa shape index (κ1) is 22.4. The third-order valence-electron chi connectivity index (χ3n) is 5.33. The van der Waals surface area contributed by atoms with Gasteiger partial charge >= 0.3 is 0 Å². The lowest BCUT2D eigenvalue weighted by molar-refractivity contribution is 0.102. The van der Waals surface area contributed by atoms with Crippen LogP contribution < -0.4 is 14.8 Å². The molecule has 31 heavy (non-hydrogen) atoms. The molecule has 0 spiro atoms. The number of carbonyl (C=O) groups excluding carboxylic acids is 1. The maximum atomic E-state index is 12.8. The van der Waals surface area contributed by atoms with Gasteiger partial charge in [0, 0.05) is 16.8 Å². The van der Waals surface area contributed by atoms with Crippen molar-refractivity contribution < 1.29 is 14.3 Å². The van der Waals surface area contributed by atoms with Crippen molar-refractivity contribution in [1.29, 1.82) is 0 Å². The van der Waals surface area contributed by atoms with Gasteiger partial charge in [0.05, 0.1) is 6.61 Å². The Kier molecular flexibility index (Phi) is 7.35. The summed E-state index contributed by atoms with van der Waals surface area (Å²) in [6.45, 7) is 11.2. The van der Waals surface area contributed by atoms with E-state index in [-0.39, 0.29) is 5.91 Å². The average molecular weight is 418 g/mol. The minimum Gasteiger partial charge on any atom is -0.493 e. The van der Waals surface area contributed by atoms with E-state index < -0.39 is 0 Å². The average Bonchev–Trinajstić information content (AvgIpc) is 2.76. The quantitative estimate of drug-likeness (QED) is 0.446. The number of aryl methyl sites for hydroxylation is 2. The van der Waals surface area contributed by atoms with Crippen LogP contribution in [0.2, 0.25) is 0 Å². The Bertz CT molecular complexity index is 1040. The smallest absolute Gasteiger partial charge is 0.255 e. The lowest BCUT2D eigenvalue weighted by Gasteiger charge is -2.14. The summed E-state index contributed by atoms with van der Waals surface area (Å²) in [6.07, 6.45) is 0. The fourth-order valence-electron chi connectivity index (χ4n) is 3.25. The molecule has 0 aliphatic carbocycles. The van der Waals surface area contributed by atoms with Crippen LogP contribution in [0.5, 0.6) is 11.5 Å². The third kappa shape index (κ3) is 5.88. The van der Waals surface area contributed by atoms with Crippen LogP contribution in [0.3, 0.4) is 0 Å². The molecule has 0 heterocycles. The van der Waals surface area contributed by atoms with Gasteiger partial charge in [-0.3, -0.25) is 4.79 Å². The van der Waals surface area contributed by atoms with Crippen LogP contribution in [0.1, 0.15) is 59.3 Å². The summed E-state index contributed by atoms with van der Waals surface area (Å²) >= 11 is 0. The molecule has 0 radical (unpaired) electrons. The first-order valence-corrected chi connectivity index (χ1v) is 10.7. The van der Waals surface area contributed by atoms with Gasteiger partial charge in [0.1, 0.15) is 18.1 Å². The Morgan fingerprint density at radius 3 is 2.29 bits per heavy atom. The lowest BCUT2D eigenvalue weighted by Crippen LogP contribution is -2.13. The molecule has 0 saturated heterocycles. The monoisotopic (exact) mass is 417 g/mol. The van der Waals surface area contributed by atoms with Gasteiger partial charge in [-0.1, -0.05) is 32.0 Å². The molecule has 0 unspecified atom stereocenters. The van der Waals surface area contributed by atoms with Crippen molar-refractivity contribution in [2.45, 2.75) is 47.1 Å². The molecule has 0 fully saturated rings. The fourth-order valence-corrected chi connectivity index (χ4v) is 3.25. The number of nitrogens with one attached hydrogen (secondary N) is 1. The minimum atomic E-state index is -0.159. The highest BCUT2D eigenvalue weighted by atomic mass is 16.5. The van der Waals surface area contributed by atoms with Crippen molar-refractivity contribution in [3.05, 3.63) is 88.5 Å². The zero-order valence-corrected chi connectivity index (χ0v) is 19.0. The van der Waals surface area contributed by atoms with Crippen LogP contribution in [0.4, 0.5) is 5.69 Å². The van der Waals surface area contributed by atoms with Crippen LogP contribution in [-0.2, 0) is 6.61 Å². The molecule has 1 N–H and O–H groups in total. The maximum Gasteiger partial charge on any atom is 0.255 e. The number of hydrogen-bond donors (Lipinski definition) is 1. The van der Waals surface area contributed by atoms with Crippen LogP contribution in [-0.4, -0.2) is 12.5 Å². The van der Waals surface area contributed by atoms with Gasteiger partial charge in [0.25, 0.3) is 5.91 Å². The van der Waals surface area contributed by atoms with E-state index in [0.29, 0.717) is 24.7 Å². The highest BCUT2D eigenvalue weighted by molar-refractivity contribution is 6.04. The summed E-state index contributed by atoms with van der Waals surface area (Å²) in [6, 6.07) is 19.4. The van der Waals surface area contributed by atoms with E-state index in [0.717, 1.165) is 22.7 Å². The maximum absolute atomic E-state index is 12.8. The number of rotatable bonds is 8. The first-order valence-electron chi connectivity index (χ1n) is 10.7. The Morgan fingerprint density at radius 1 is 0.903 bits per heavy atom. The second-order valence-electron chi connectivity index (χ2n) is 8.02. The van der Waals surface area contributed by atoms with E-state index in [1.54, 1.807) is 6.07 Å². The van der Waals surface area contributed by atoms with E-state index in [9.17, 15) is 4.79 Å². The molecule has 4 heteroatoms. The number of hydrogen-bond acceptors (Lipinski definition) is 3. The second kappa shape index (κ2) is 10.2. The third-order valence-corrected chi connectivity index (χ3v) is 5.33. The second-order valence-corrected chi connectivity index (χ2v) is 8.02. The summed E-state index contributed by atoms with van der Waals surface area (Å²) in [7, 11) is 0. The number of amides is 1. The molecule has 3 aromatic rings. The number of benzene rings is 3. The molecule has 3 aromatic carbocycles. The summed E-state index contributed by atoms with van der Waals surface area (Å²) < 4.78 is 11.7. The Morgan fingerprint density at radius 2 is 1.65 bits per heavy atom. The van der Waals surface area contributed by atoms with E-state index in [1.165, 1.54) is 16.7 Å². The van der Waals surface area contributed by atoms with E-state index in [2.05, 4.69) is 33.0 Å². The zero-order chi connectivity index (χ0) is 22.4. The SMILES string of the molecule is CCOc1ccc(C(=O)Nc2ccc(C(C)C)cc2)cc1COc1ccc(C)c(C)c1. The van der Waals surface area contributed by atoms with Gasteiger partial charge in [-0.15, -0.1) is 0 Å². The highest BCUT2D eigenvalue weighted by Gasteiger charge is 2.12. The molecule has 0 aromatic heterocycles. The molecule has 4 nitrogen and oxygen atoms in total. The predicted molar refractivity (Wildman–Crippen MR) is 126 cm³/mol. The molecule has 0 atom stereocenters. The number of ether oxygens (including phenoxy) is 2. The normalized spacial score (nSPS) is 10.8. The van der Waals surface area contributed by atoms with Crippen molar-refractivity contribution in [3.8, 4) is 11.5 Å². The van der Waals surface area contributed by atoms with Crippen LogP contribution in [0.25, 0.3) is 0 Å². The fraction of sp³-hybridized carbons (Fsp3) is 0.296. The summed E-state index contributed by atoms with van der Waals surface area (Å²) in [4.78, 5) is 12.8. The van der Waals surface area contributed by atoms with E-state index in [1.807, 2.05) is 61.5 Å².